The van der Waals surface area contributed by atoms with Gasteiger partial charge in [0, 0.05) is 16.5 Å². The van der Waals surface area contributed by atoms with Gasteiger partial charge < -0.3 is 4.98 Å². The molecule has 0 bridgehead atoms. The summed E-state index contributed by atoms with van der Waals surface area (Å²) in [6.07, 6.45) is 1.71. The molecule has 0 fully saturated rings. The van der Waals surface area contributed by atoms with Crippen molar-refractivity contribution in [2.75, 3.05) is 5.43 Å². The van der Waals surface area contributed by atoms with Gasteiger partial charge in [-0.15, -0.1) is 0 Å². The first-order valence-electron chi connectivity index (χ1n) is 8.12. The monoisotopic (exact) mass is 347 g/mol. The number of hydrogen-bond donors (Lipinski definition) is 2. The number of halogens is 2. The van der Waals surface area contributed by atoms with E-state index in [-0.39, 0.29) is 11.6 Å². The van der Waals surface area contributed by atoms with Gasteiger partial charge in [0.05, 0.1) is 17.6 Å². The predicted molar refractivity (Wildman–Crippen MR) is 101 cm³/mol. The molecule has 0 spiro atoms. The molecule has 0 aliphatic carbocycles. The van der Waals surface area contributed by atoms with Gasteiger partial charge in [-0.25, -0.2) is 8.78 Å². The normalized spacial score (nSPS) is 11.3. The number of benzene rings is 3. The zero-order chi connectivity index (χ0) is 17.9. The van der Waals surface area contributed by atoms with Crippen LogP contribution in [0.25, 0.3) is 22.2 Å². The number of nitrogens with zero attached hydrogens (tertiary/aromatic N) is 1. The molecule has 1 aromatic heterocycles. The lowest BCUT2D eigenvalue weighted by atomic mass is 10.1. The van der Waals surface area contributed by atoms with Crippen molar-refractivity contribution in [2.45, 2.75) is 0 Å². The maximum atomic E-state index is 13.3. The molecule has 3 nitrogen and oxygen atoms in total. The number of para-hydroxylation sites is 1. The van der Waals surface area contributed by atoms with Gasteiger partial charge in [-0.05, 0) is 60.2 Å². The summed E-state index contributed by atoms with van der Waals surface area (Å²) in [5.41, 5.74) is 7.16. The summed E-state index contributed by atoms with van der Waals surface area (Å²) in [5, 5.41) is 5.29. The molecule has 0 saturated heterocycles. The molecule has 4 aromatic rings. The molecule has 0 radical (unpaired) electrons. The van der Waals surface area contributed by atoms with Crippen LogP contribution in [-0.2, 0) is 0 Å². The van der Waals surface area contributed by atoms with Gasteiger partial charge in [0.2, 0.25) is 0 Å². The Morgan fingerprint density at radius 2 is 1.46 bits per heavy atom. The number of aromatic amines is 1. The Morgan fingerprint density at radius 1 is 0.808 bits per heavy atom. The SMILES string of the molecule is Fc1ccc(N/N=C/c2c(-c3ccc(F)cc3)[nH]c3ccccc23)cc1. The lowest BCUT2D eigenvalue weighted by Crippen LogP contribution is -1.92. The third-order valence-electron chi connectivity index (χ3n) is 4.11. The largest absolute Gasteiger partial charge is 0.354 e. The van der Waals surface area contributed by atoms with E-state index >= 15 is 0 Å². The molecule has 0 aliphatic heterocycles. The Balaban J connectivity index is 1.72. The van der Waals surface area contributed by atoms with E-state index in [0.29, 0.717) is 5.69 Å². The fourth-order valence-corrected chi connectivity index (χ4v) is 2.84. The van der Waals surface area contributed by atoms with Gasteiger partial charge in [0.1, 0.15) is 11.6 Å². The Labute approximate surface area is 149 Å². The second-order valence-corrected chi connectivity index (χ2v) is 5.84. The zero-order valence-corrected chi connectivity index (χ0v) is 13.7. The Hall–Kier alpha value is -3.47. The number of rotatable bonds is 4. The number of H-pyrrole nitrogens is 1. The Bertz CT molecular complexity index is 1060. The molecule has 4 rings (SSSR count). The molecule has 128 valence electrons. The lowest BCUT2D eigenvalue weighted by Gasteiger charge is -2.02. The third-order valence-corrected chi connectivity index (χ3v) is 4.11. The van der Waals surface area contributed by atoms with Crippen molar-refractivity contribution in [3.05, 3.63) is 90.0 Å². The van der Waals surface area contributed by atoms with Crippen LogP contribution in [0.3, 0.4) is 0 Å². The maximum Gasteiger partial charge on any atom is 0.123 e. The van der Waals surface area contributed by atoms with Crippen LogP contribution < -0.4 is 5.43 Å². The lowest BCUT2D eigenvalue weighted by molar-refractivity contribution is 0.627. The maximum absolute atomic E-state index is 13.3. The molecule has 0 amide bonds. The molecule has 0 atom stereocenters. The molecular formula is C21H15F2N3. The van der Waals surface area contributed by atoms with Gasteiger partial charge in [-0.3, -0.25) is 5.43 Å². The zero-order valence-electron chi connectivity index (χ0n) is 13.7. The molecule has 1 heterocycles. The number of fused-ring (bicyclic) bond motifs is 1. The Kier molecular flexibility index (Phi) is 4.19. The van der Waals surface area contributed by atoms with Crippen molar-refractivity contribution in [2.24, 2.45) is 5.10 Å². The van der Waals surface area contributed by atoms with Crippen molar-refractivity contribution < 1.29 is 8.78 Å². The van der Waals surface area contributed by atoms with E-state index in [1.54, 1.807) is 30.5 Å². The molecule has 0 aliphatic rings. The van der Waals surface area contributed by atoms with E-state index in [1.807, 2.05) is 24.3 Å². The van der Waals surface area contributed by atoms with E-state index < -0.39 is 0 Å². The first-order valence-corrected chi connectivity index (χ1v) is 8.12. The van der Waals surface area contributed by atoms with E-state index in [0.717, 1.165) is 27.7 Å². The number of nitrogens with one attached hydrogen (secondary N) is 2. The molecule has 0 unspecified atom stereocenters. The van der Waals surface area contributed by atoms with Gasteiger partial charge in [0.25, 0.3) is 0 Å². The van der Waals surface area contributed by atoms with Crippen molar-refractivity contribution in [3.63, 3.8) is 0 Å². The summed E-state index contributed by atoms with van der Waals surface area (Å²) in [4.78, 5) is 3.37. The van der Waals surface area contributed by atoms with Crippen molar-refractivity contribution in [1.29, 1.82) is 0 Å². The summed E-state index contributed by atoms with van der Waals surface area (Å²) in [7, 11) is 0. The Morgan fingerprint density at radius 3 is 2.19 bits per heavy atom. The van der Waals surface area contributed by atoms with Crippen LogP contribution in [0.5, 0.6) is 0 Å². The summed E-state index contributed by atoms with van der Waals surface area (Å²) >= 11 is 0. The van der Waals surface area contributed by atoms with Gasteiger partial charge >= 0.3 is 0 Å². The van der Waals surface area contributed by atoms with Gasteiger partial charge in [-0.1, -0.05) is 18.2 Å². The number of aromatic nitrogens is 1. The average Bonchev–Trinajstić information content (AvgIpc) is 3.03. The van der Waals surface area contributed by atoms with Crippen LogP contribution in [0.15, 0.2) is 77.9 Å². The highest BCUT2D eigenvalue weighted by molar-refractivity contribution is 6.06. The second-order valence-electron chi connectivity index (χ2n) is 5.84. The minimum absolute atomic E-state index is 0.280. The highest BCUT2D eigenvalue weighted by Gasteiger charge is 2.11. The molecule has 2 N–H and O–H groups in total. The number of anilines is 1. The fraction of sp³-hybridized carbons (Fsp3) is 0. The average molecular weight is 347 g/mol. The summed E-state index contributed by atoms with van der Waals surface area (Å²) in [6.45, 7) is 0. The molecule has 5 heteroatoms. The summed E-state index contributed by atoms with van der Waals surface area (Å²) < 4.78 is 26.2. The van der Waals surface area contributed by atoms with Crippen LogP contribution in [0.1, 0.15) is 5.56 Å². The molecule has 26 heavy (non-hydrogen) atoms. The third kappa shape index (κ3) is 3.19. The van der Waals surface area contributed by atoms with E-state index in [9.17, 15) is 8.78 Å². The molecule has 0 saturated carbocycles. The standard InChI is InChI=1S/C21H15F2N3/c22-15-7-5-14(6-8-15)21-19(18-3-1-2-4-20(18)25-21)13-24-26-17-11-9-16(23)10-12-17/h1-13,25-26H/b24-13+. The van der Waals surface area contributed by atoms with E-state index in [2.05, 4.69) is 15.5 Å². The van der Waals surface area contributed by atoms with Crippen LogP contribution in [-0.4, -0.2) is 11.2 Å². The number of hydrazone groups is 1. The van der Waals surface area contributed by atoms with Crippen molar-refractivity contribution >= 4 is 22.8 Å². The topological polar surface area (TPSA) is 40.2 Å². The fourth-order valence-electron chi connectivity index (χ4n) is 2.84. The second kappa shape index (κ2) is 6.80. The summed E-state index contributed by atoms with van der Waals surface area (Å²) in [6, 6.07) is 20.2. The quantitative estimate of drug-likeness (QED) is 0.368. The smallest absolute Gasteiger partial charge is 0.123 e. The minimum atomic E-state index is -0.297. The van der Waals surface area contributed by atoms with Gasteiger partial charge in [-0.2, -0.15) is 5.10 Å². The van der Waals surface area contributed by atoms with Crippen LogP contribution >= 0.6 is 0 Å². The van der Waals surface area contributed by atoms with E-state index in [1.165, 1.54) is 24.3 Å². The van der Waals surface area contributed by atoms with Crippen LogP contribution in [0.2, 0.25) is 0 Å². The summed E-state index contributed by atoms with van der Waals surface area (Å²) in [5.74, 6) is -0.576. The van der Waals surface area contributed by atoms with E-state index in [4.69, 9.17) is 0 Å². The molecule has 3 aromatic carbocycles. The first-order chi connectivity index (χ1) is 12.7. The number of hydrogen-bond acceptors (Lipinski definition) is 2. The molecular weight excluding hydrogens is 332 g/mol. The van der Waals surface area contributed by atoms with Crippen molar-refractivity contribution in [1.82, 2.24) is 4.98 Å². The van der Waals surface area contributed by atoms with Crippen LogP contribution in [0, 0.1) is 11.6 Å². The van der Waals surface area contributed by atoms with Gasteiger partial charge in [0.15, 0.2) is 0 Å². The minimum Gasteiger partial charge on any atom is -0.354 e. The first kappa shape index (κ1) is 16.0. The highest BCUT2D eigenvalue weighted by atomic mass is 19.1. The predicted octanol–water partition coefficient (Wildman–Crippen LogP) is 5.56. The van der Waals surface area contributed by atoms with Crippen LogP contribution in [0.4, 0.5) is 14.5 Å². The highest BCUT2D eigenvalue weighted by Crippen LogP contribution is 2.29. The van der Waals surface area contributed by atoms with Crippen molar-refractivity contribution in [3.8, 4) is 11.3 Å².